The van der Waals surface area contributed by atoms with Gasteiger partial charge in [-0.25, -0.2) is 9.59 Å². The van der Waals surface area contributed by atoms with Crippen molar-refractivity contribution < 1.29 is 28.9 Å². The number of rotatable bonds is 6. The molecule has 0 atom stereocenters. The molecule has 0 aliphatic rings. The first-order valence-corrected chi connectivity index (χ1v) is 7.51. The number of hydrogen-bond acceptors (Lipinski definition) is 5. The topological polar surface area (TPSA) is 94.1 Å². The van der Waals surface area contributed by atoms with Crippen LogP contribution in [0.15, 0.2) is 36.4 Å². The summed E-state index contributed by atoms with van der Waals surface area (Å²) >= 11 is 6.13. The molecule has 7 nitrogen and oxygen atoms in total. The van der Waals surface area contributed by atoms with Crippen LogP contribution in [0.3, 0.4) is 0 Å². The van der Waals surface area contributed by atoms with E-state index in [0.29, 0.717) is 0 Å². The molecule has 0 fully saturated rings. The molecule has 0 radical (unpaired) electrons. The van der Waals surface area contributed by atoms with Gasteiger partial charge in [-0.1, -0.05) is 41.9 Å². The van der Waals surface area contributed by atoms with Crippen LogP contribution < -0.4 is 14.8 Å². The summed E-state index contributed by atoms with van der Waals surface area (Å²) in [5.74, 6) is -1.17. The fraction of sp³-hybridized carbons (Fsp3) is 0.176. The molecule has 25 heavy (non-hydrogen) atoms. The SMILES string of the molecule is COc1cc(OC)c(C(=O)O)c(NC(=O)OCc2ccccc2)c1Cl. The minimum atomic E-state index is -1.32. The Morgan fingerprint density at radius 3 is 2.32 bits per heavy atom. The summed E-state index contributed by atoms with van der Waals surface area (Å²) in [5, 5.41) is 11.7. The van der Waals surface area contributed by atoms with Crippen LogP contribution in [0.1, 0.15) is 15.9 Å². The number of carboxylic acids is 1. The highest BCUT2D eigenvalue weighted by molar-refractivity contribution is 6.36. The van der Waals surface area contributed by atoms with E-state index in [9.17, 15) is 14.7 Å². The first-order valence-electron chi connectivity index (χ1n) is 7.13. The standard InChI is InChI=1S/C17H16ClNO6/c1-23-11-8-12(24-2)14(18)15(13(11)16(20)21)19-17(22)25-9-10-6-4-3-5-7-10/h3-8H,9H2,1-2H3,(H,19,22)(H,20,21). The van der Waals surface area contributed by atoms with E-state index < -0.39 is 12.1 Å². The number of benzene rings is 2. The van der Waals surface area contributed by atoms with Crippen molar-refractivity contribution in [3.63, 3.8) is 0 Å². The van der Waals surface area contributed by atoms with Crippen LogP contribution in [0.25, 0.3) is 0 Å². The van der Waals surface area contributed by atoms with Crippen LogP contribution in [0.5, 0.6) is 11.5 Å². The highest BCUT2D eigenvalue weighted by Gasteiger charge is 2.25. The lowest BCUT2D eigenvalue weighted by Gasteiger charge is -2.16. The molecule has 8 heteroatoms. The number of ether oxygens (including phenoxy) is 3. The van der Waals surface area contributed by atoms with Crippen LogP contribution in [0, 0.1) is 0 Å². The summed E-state index contributed by atoms with van der Waals surface area (Å²) in [6.45, 7) is 0.0216. The van der Waals surface area contributed by atoms with Gasteiger partial charge >= 0.3 is 12.1 Å². The molecule has 2 aromatic rings. The van der Waals surface area contributed by atoms with Crippen molar-refractivity contribution in [1.29, 1.82) is 0 Å². The molecule has 2 rings (SSSR count). The van der Waals surface area contributed by atoms with E-state index in [1.54, 1.807) is 12.1 Å². The summed E-state index contributed by atoms with van der Waals surface area (Å²) in [7, 11) is 2.66. The van der Waals surface area contributed by atoms with Crippen molar-refractivity contribution >= 4 is 29.4 Å². The molecular weight excluding hydrogens is 350 g/mol. The third-order valence-corrected chi connectivity index (χ3v) is 3.66. The lowest BCUT2D eigenvalue weighted by atomic mass is 10.1. The Bertz CT molecular complexity index is 778. The molecule has 0 aliphatic heterocycles. The van der Waals surface area contributed by atoms with Gasteiger partial charge in [0, 0.05) is 6.07 Å². The van der Waals surface area contributed by atoms with E-state index in [-0.39, 0.29) is 34.4 Å². The molecule has 0 aromatic heterocycles. The zero-order valence-corrected chi connectivity index (χ0v) is 14.3. The molecule has 2 aromatic carbocycles. The van der Waals surface area contributed by atoms with E-state index in [4.69, 9.17) is 25.8 Å². The number of halogens is 1. The van der Waals surface area contributed by atoms with E-state index >= 15 is 0 Å². The van der Waals surface area contributed by atoms with Crippen molar-refractivity contribution in [3.8, 4) is 11.5 Å². The van der Waals surface area contributed by atoms with Crippen LogP contribution in [0.2, 0.25) is 5.02 Å². The lowest BCUT2D eigenvalue weighted by molar-refractivity contribution is 0.0694. The van der Waals surface area contributed by atoms with Gasteiger partial charge in [-0.2, -0.15) is 0 Å². The molecule has 0 heterocycles. The number of carboxylic acid groups (broad SMARTS) is 1. The number of nitrogens with one attached hydrogen (secondary N) is 1. The summed E-state index contributed by atoms with van der Waals surface area (Å²) in [6.07, 6.45) is -0.858. The zero-order valence-electron chi connectivity index (χ0n) is 13.5. The van der Waals surface area contributed by atoms with Gasteiger partial charge in [0.1, 0.15) is 28.7 Å². The molecule has 0 saturated carbocycles. The van der Waals surface area contributed by atoms with Gasteiger partial charge in [0.15, 0.2) is 0 Å². The number of amides is 1. The summed E-state index contributed by atoms with van der Waals surface area (Å²) in [4.78, 5) is 23.6. The van der Waals surface area contributed by atoms with Crippen LogP contribution in [0.4, 0.5) is 10.5 Å². The van der Waals surface area contributed by atoms with Crippen molar-refractivity contribution in [1.82, 2.24) is 0 Å². The number of hydrogen-bond donors (Lipinski definition) is 2. The highest BCUT2D eigenvalue weighted by atomic mass is 35.5. The zero-order chi connectivity index (χ0) is 18.4. The second-order valence-corrected chi connectivity index (χ2v) is 5.21. The molecule has 132 valence electrons. The Hall–Kier alpha value is -2.93. The quantitative estimate of drug-likeness (QED) is 0.808. The van der Waals surface area contributed by atoms with Gasteiger partial charge in [0.25, 0.3) is 0 Å². The second-order valence-electron chi connectivity index (χ2n) is 4.84. The Morgan fingerprint density at radius 1 is 1.12 bits per heavy atom. The molecule has 0 spiro atoms. The number of carbonyl (C=O) groups is 2. The average Bonchev–Trinajstić information content (AvgIpc) is 2.62. The minimum absolute atomic E-state index is 0.00731. The van der Waals surface area contributed by atoms with Crippen molar-refractivity contribution in [2.75, 3.05) is 19.5 Å². The van der Waals surface area contributed by atoms with E-state index in [1.807, 2.05) is 18.2 Å². The van der Waals surface area contributed by atoms with E-state index in [0.717, 1.165) is 5.56 Å². The molecule has 1 amide bonds. The van der Waals surface area contributed by atoms with Crippen LogP contribution >= 0.6 is 11.6 Å². The van der Waals surface area contributed by atoms with Crippen molar-refractivity contribution in [2.45, 2.75) is 6.61 Å². The van der Waals surface area contributed by atoms with E-state index in [1.165, 1.54) is 20.3 Å². The first kappa shape index (κ1) is 18.4. The Labute approximate surface area is 149 Å². The maximum atomic E-state index is 12.0. The van der Waals surface area contributed by atoms with Gasteiger partial charge in [-0.3, -0.25) is 5.32 Å². The Kier molecular flexibility index (Phi) is 6.08. The second kappa shape index (κ2) is 8.25. The van der Waals surface area contributed by atoms with Gasteiger partial charge in [-0.05, 0) is 5.56 Å². The number of methoxy groups -OCH3 is 2. The fourth-order valence-corrected chi connectivity index (χ4v) is 2.38. The maximum absolute atomic E-state index is 12.0. The van der Waals surface area contributed by atoms with Gasteiger partial charge in [0.2, 0.25) is 0 Å². The molecule has 2 N–H and O–H groups in total. The van der Waals surface area contributed by atoms with Crippen molar-refractivity contribution in [3.05, 3.63) is 52.5 Å². The summed E-state index contributed by atoms with van der Waals surface area (Å²) in [5.41, 5.74) is 0.318. The number of carbonyl (C=O) groups excluding carboxylic acids is 1. The van der Waals surface area contributed by atoms with E-state index in [2.05, 4.69) is 5.32 Å². The molecule has 0 aliphatic carbocycles. The predicted octanol–water partition coefficient (Wildman–Crippen LogP) is 3.80. The molecule has 0 bridgehead atoms. The lowest BCUT2D eigenvalue weighted by Crippen LogP contribution is -2.17. The largest absolute Gasteiger partial charge is 0.496 e. The summed E-state index contributed by atoms with van der Waals surface area (Å²) in [6, 6.07) is 10.4. The van der Waals surface area contributed by atoms with Crippen LogP contribution in [-0.2, 0) is 11.3 Å². The predicted molar refractivity (Wildman–Crippen MR) is 91.8 cm³/mol. The maximum Gasteiger partial charge on any atom is 0.412 e. The normalized spacial score (nSPS) is 10.0. The third-order valence-electron chi connectivity index (χ3n) is 3.29. The fourth-order valence-electron chi connectivity index (χ4n) is 2.11. The number of anilines is 1. The van der Waals surface area contributed by atoms with Crippen molar-refractivity contribution in [2.24, 2.45) is 0 Å². The Balaban J connectivity index is 2.27. The highest BCUT2D eigenvalue weighted by Crippen LogP contribution is 2.41. The average molecular weight is 366 g/mol. The molecular formula is C17H16ClNO6. The van der Waals surface area contributed by atoms with Crippen LogP contribution in [-0.4, -0.2) is 31.4 Å². The molecule has 0 saturated heterocycles. The minimum Gasteiger partial charge on any atom is -0.496 e. The van der Waals surface area contributed by atoms with Gasteiger partial charge in [0.05, 0.1) is 19.9 Å². The first-order chi connectivity index (χ1) is 12.0. The third kappa shape index (κ3) is 4.33. The molecule has 0 unspecified atom stereocenters. The van der Waals surface area contributed by atoms with Gasteiger partial charge < -0.3 is 19.3 Å². The van der Waals surface area contributed by atoms with Gasteiger partial charge in [-0.15, -0.1) is 0 Å². The Morgan fingerprint density at radius 2 is 1.76 bits per heavy atom. The smallest absolute Gasteiger partial charge is 0.412 e. The number of aromatic carboxylic acids is 1. The monoisotopic (exact) mass is 365 g/mol. The summed E-state index contributed by atoms with van der Waals surface area (Å²) < 4.78 is 15.2.